The zero-order valence-electron chi connectivity index (χ0n) is 15.9. The van der Waals surface area contributed by atoms with Crippen LogP contribution in [0.4, 0.5) is 10.2 Å². The maximum atomic E-state index is 13.3. The molecule has 1 saturated heterocycles. The fourth-order valence-electron chi connectivity index (χ4n) is 3.56. The van der Waals surface area contributed by atoms with Gasteiger partial charge < -0.3 is 9.64 Å². The Balaban J connectivity index is 1.65. The number of anilines is 1. The van der Waals surface area contributed by atoms with Crippen LogP contribution in [0.5, 0.6) is 0 Å². The van der Waals surface area contributed by atoms with Crippen LogP contribution in [0.25, 0.3) is 33.4 Å². The molecule has 2 aromatic heterocycles. The number of ether oxygens (including phenoxy) is 1. The lowest BCUT2D eigenvalue weighted by atomic mass is 10.0. The van der Waals surface area contributed by atoms with Crippen LogP contribution in [-0.4, -0.2) is 41.3 Å². The van der Waals surface area contributed by atoms with Crippen molar-refractivity contribution >= 4 is 16.7 Å². The second kappa shape index (κ2) is 7.22. The Morgan fingerprint density at radius 2 is 1.76 bits per heavy atom. The van der Waals surface area contributed by atoms with E-state index in [1.165, 1.54) is 12.1 Å². The lowest BCUT2D eigenvalue weighted by molar-refractivity contribution is 0.0785. The molecule has 0 atom stereocenters. The van der Waals surface area contributed by atoms with Crippen LogP contribution in [-0.2, 0) is 4.74 Å². The van der Waals surface area contributed by atoms with Crippen LogP contribution >= 0.6 is 0 Å². The molecule has 0 bridgehead atoms. The van der Waals surface area contributed by atoms with Crippen LogP contribution < -0.4 is 4.90 Å². The lowest BCUT2D eigenvalue weighted by Gasteiger charge is -2.39. The summed E-state index contributed by atoms with van der Waals surface area (Å²) in [7, 11) is 1.73. The Morgan fingerprint density at radius 1 is 0.966 bits per heavy atom. The average Bonchev–Trinajstić information content (AvgIpc) is 2.74. The zero-order valence-corrected chi connectivity index (χ0v) is 15.9. The Bertz CT molecular complexity index is 1160. The second-order valence-electron chi connectivity index (χ2n) is 7.11. The first-order chi connectivity index (χ1) is 14.2. The molecule has 0 N–H and O–H groups in total. The van der Waals surface area contributed by atoms with Crippen LogP contribution in [0.15, 0.2) is 67.0 Å². The number of fused-ring (bicyclic) bond motifs is 1. The number of rotatable bonds is 4. The molecule has 1 fully saturated rings. The summed E-state index contributed by atoms with van der Waals surface area (Å²) in [6.45, 7) is 1.58. The summed E-state index contributed by atoms with van der Waals surface area (Å²) in [5, 5.41) is 0.967. The summed E-state index contributed by atoms with van der Waals surface area (Å²) in [5.41, 5.74) is 3.69. The predicted octanol–water partition coefficient (Wildman–Crippen LogP) is 4.33. The predicted molar refractivity (Wildman–Crippen MR) is 111 cm³/mol. The van der Waals surface area contributed by atoms with Crippen LogP contribution in [0, 0.1) is 5.82 Å². The number of hydrogen-bond acceptors (Lipinski definition) is 5. The summed E-state index contributed by atoms with van der Waals surface area (Å²) in [5.74, 6) is 1.29. The maximum absolute atomic E-state index is 13.3. The average molecular weight is 386 g/mol. The monoisotopic (exact) mass is 386 g/mol. The van der Waals surface area contributed by atoms with Crippen LogP contribution in [0.1, 0.15) is 0 Å². The van der Waals surface area contributed by atoms with E-state index in [2.05, 4.69) is 16.0 Å². The van der Waals surface area contributed by atoms with E-state index in [-0.39, 0.29) is 11.9 Å². The van der Waals surface area contributed by atoms with Crippen molar-refractivity contribution in [1.82, 2.24) is 15.0 Å². The Hall–Kier alpha value is -3.38. The Morgan fingerprint density at radius 3 is 2.48 bits per heavy atom. The molecule has 2 aromatic carbocycles. The fraction of sp³-hybridized carbons (Fsp3) is 0.174. The van der Waals surface area contributed by atoms with Crippen LogP contribution in [0.2, 0.25) is 0 Å². The minimum absolute atomic E-state index is 0.210. The van der Waals surface area contributed by atoms with Gasteiger partial charge in [-0.1, -0.05) is 18.2 Å². The van der Waals surface area contributed by atoms with E-state index >= 15 is 0 Å². The number of pyridine rings is 1. The van der Waals surface area contributed by atoms with E-state index in [0.29, 0.717) is 5.82 Å². The molecule has 0 aliphatic carbocycles. The molecule has 3 heterocycles. The molecule has 0 spiro atoms. The number of aromatic nitrogens is 3. The summed E-state index contributed by atoms with van der Waals surface area (Å²) >= 11 is 0. The number of halogens is 1. The van der Waals surface area contributed by atoms with Crippen molar-refractivity contribution in [2.45, 2.75) is 6.10 Å². The van der Waals surface area contributed by atoms with Gasteiger partial charge in [0.2, 0.25) is 0 Å². The number of hydrogen-bond donors (Lipinski definition) is 0. The van der Waals surface area contributed by atoms with E-state index in [0.717, 1.165) is 46.5 Å². The minimum Gasteiger partial charge on any atom is -0.378 e. The molecule has 0 amide bonds. The number of methoxy groups -OCH3 is 1. The highest BCUT2D eigenvalue weighted by Crippen LogP contribution is 2.33. The summed E-state index contributed by atoms with van der Waals surface area (Å²) in [4.78, 5) is 16.0. The topological polar surface area (TPSA) is 51.1 Å². The maximum Gasteiger partial charge on any atom is 0.163 e. The molecule has 4 aromatic rings. The van der Waals surface area contributed by atoms with Gasteiger partial charge in [-0.25, -0.2) is 14.4 Å². The smallest absolute Gasteiger partial charge is 0.163 e. The van der Waals surface area contributed by atoms with Gasteiger partial charge in [-0.3, -0.25) is 4.98 Å². The van der Waals surface area contributed by atoms with Gasteiger partial charge >= 0.3 is 0 Å². The van der Waals surface area contributed by atoms with Crippen molar-refractivity contribution in [2.24, 2.45) is 0 Å². The lowest BCUT2D eigenvalue weighted by Crippen LogP contribution is -2.52. The summed E-state index contributed by atoms with van der Waals surface area (Å²) in [6.07, 6.45) is 3.72. The molecule has 144 valence electrons. The molecule has 5 nitrogen and oxygen atoms in total. The van der Waals surface area contributed by atoms with Gasteiger partial charge in [0, 0.05) is 43.5 Å². The van der Waals surface area contributed by atoms with Gasteiger partial charge in [0.15, 0.2) is 5.82 Å². The quantitative estimate of drug-likeness (QED) is 0.522. The first-order valence-corrected chi connectivity index (χ1v) is 9.47. The Kier molecular flexibility index (Phi) is 4.41. The third-order valence-electron chi connectivity index (χ3n) is 5.25. The van der Waals surface area contributed by atoms with Gasteiger partial charge in [0.1, 0.15) is 11.6 Å². The molecule has 29 heavy (non-hydrogen) atoms. The molecule has 0 unspecified atom stereocenters. The number of nitrogens with zero attached hydrogens (tertiary/aromatic N) is 4. The highest BCUT2D eigenvalue weighted by atomic mass is 19.1. The van der Waals surface area contributed by atoms with Crippen molar-refractivity contribution in [1.29, 1.82) is 0 Å². The largest absolute Gasteiger partial charge is 0.378 e. The second-order valence-corrected chi connectivity index (χ2v) is 7.11. The van der Waals surface area contributed by atoms with Gasteiger partial charge in [-0.05, 0) is 47.5 Å². The van der Waals surface area contributed by atoms with E-state index in [4.69, 9.17) is 14.7 Å². The van der Waals surface area contributed by atoms with Crippen molar-refractivity contribution in [3.8, 4) is 22.5 Å². The van der Waals surface area contributed by atoms with Gasteiger partial charge in [0.25, 0.3) is 0 Å². The van der Waals surface area contributed by atoms with E-state index < -0.39 is 0 Å². The Labute approximate surface area is 167 Å². The van der Waals surface area contributed by atoms with Gasteiger partial charge in [-0.15, -0.1) is 0 Å². The molecule has 0 radical (unpaired) electrons. The summed E-state index contributed by atoms with van der Waals surface area (Å²) < 4.78 is 18.7. The minimum atomic E-state index is -0.245. The van der Waals surface area contributed by atoms with E-state index in [1.807, 2.05) is 24.3 Å². The molecule has 6 heteroatoms. The third kappa shape index (κ3) is 3.32. The standard InChI is InChI=1S/C23H19FN4O/c1-29-19-13-28(14-19)23-20-11-16(15-4-7-18(24)8-5-15)6-9-21(20)26-22(27-23)17-3-2-10-25-12-17/h2-12,19H,13-14H2,1H3. The first-order valence-electron chi connectivity index (χ1n) is 9.47. The molecule has 1 aliphatic heterocycles. The van der Waals surface area contributed by atoms with Crippen molar-refractivity contribution < 1.29 is 9.13 Å². The third-order valence-corrected chi connectivity index (χ3v) is 5.25. The van der Waals surface area contributed by atoms with Crippen molar-refractivity contribution in [3.63, 3.8) is 0 Å². The van der Waals surface area contributed by atoms with Crippen molar-refractivity contribution in [2.75, 3.05) is 25.1 Å². The molecule has 1 aliphatic rings. The number of benzene rings is 2. The first kappa shape index (κ1) is 17.7. The van der Waals surface area contributed by atoms with E-state index in [1.54, 1.807) is 31.6 Å². The SMILES string of the molecule is COC1CN(c2nc(-c3cccnc3)nc3ccc(-c4ccc(F)cc4)cc23)C1. The van der Waals surface area contributed by atoms with Gasteiger partial charge in [-0.2, -0.15) is 0 Å². The summed E-state index contributed by atoms with van der Waals surface area (Å²) in [6, 6.07) is 16.4. The molecular weight excluding hydrogens is 367 g/mol. The molecular formula is C23H19FN4O. The highest BCUT2D eigenvalue weighted by Gasteiger charge is 2.29. The van der Waals surface area contributed by atoms with Gasteiger partial charge in [0.05, 0.1) is 11.6 Å². The van der Waals surface area contributed by atoms with Crippen LogP contribution in [0.3, 0.4) is 0 Å². The van der Waals surface area contributed by atoms with Crippen molar-refractivity contribution in [3.05, 3.63) is 72.8 Å². The molecule has 5 rings (SSSR count). The fourth-order valence-corrected chi connectivity index (χ4v) is 3.56. The molecule has 0 saturated carbocycles. The normalized spacial score (nSPS) is 14.2. The van der Waals surface area contributed by atoms with E-state index in [9.17, 15) is 4.39 Å². The zero-order chi connectivity index (χ0) is 19.8. The highest BCUT2D eigenvalue weighted by molar-refractivity contribution is 5.94.